The van der Waals surface area contributed by atoms with Gasteiger partial charge in [-0.25, -0.2) is 21.6 Å². The number of nitrogens with one attached hydrogen (secondary N) is 2. The third-order valence-electron chi connectivity index (χ3n) is 7.89. The monoisotopic (exact) mass is 615 g/mol. The van der Waals surface area contributed by atoms with Crippen molar-refractivity contribution in [1.82, 2.24) is 14.3 Å². The molecule has 0 aliphatic carbocycles. The molecule has 10 nitrogen and oxygen atoms in total. The van der Waals surface area contributed by atoms with E-state index in [4.69, 9.17) is 9.47 Å². The van der Waals surface area contributed by atoms with Gasteiger partial charge in [-0.15, -0.1) is 0 Å². The highest BCUT2D eigenvalue weighted by Gasteiger charge is 2.44. The maximum Gasteiger partial charge on any atom is 0.243 e. The zero-order valence-electron chi connectivity index (χ0n) is 23.5. The molecule has 0 aromatic heterocycles. The van der Waals surface area contributed by atoms with Crippen LogP contribution in [0.2, 0.25) is 0 Å². The van der Waals surface area contributed by atoms with Gasteiger partial charge in [-0.2, -0.15) is 4.31 Å². The van der Waals surface area contributed by atoms with Crippen LogP contribution in [0.5, 0.6) is 5.75 Å². The summed E-state index contributed by atoms with van der Waals surface area (Å²) in [7, 11) is -5.89. The molecule has 12 heteroatoms. The summed E-state index contributed by atoms with van der Waals surface area (Å²) in [6.07, 6.45) is 1.10. The van der Waals surface area contributed by atoms with Crippen LogP contribution in [0.4, 0.5) is 0 Å². The molecule has 2 atom stereocenters. The summed E-state index contributed by atoms with van der Waals surface area (Å²) in [6.45, 7) is 1.50. The van der Waals surface area contributed by atoms with Crippen LogP contribution >= 0.6 is 0 Å². The number of ether oxygens (including phenoxy) is 2. The smallest absolute Gasteiger partial charge is 0.243 e. The van der Waals surface area contributed by atoms with E-state index in [1.807, 2.05) is 36.4 Å². The summed E-state index contributed by atoms with van der Waals surface area (Å²) in [4.78, 5) is 0.376. The minimum atomic E-state index is -3.64. The van der Waals surface area contributed by atoms with Crippen molar-refractivity contribution in [3.63, 3.8) is 0 Å². The third kappa shape index (κ3) is 7.03. The van der Waals surface area contributed by atoms with Gasteiger partial charge < -0.3 is 19.9 Å². The molecule has 1 spiro atoms. The van der Waals surface area contributed by atoms with Crippen LogP contribution in [-0.2, 0) is 24.8 Å². The van der Waals surface area contributed by atoms with Crippen LogP contribution in [-0.4, -0.2) is 83.9 Å². The predicted molar refractivity (Wildman–Crippen MR) is 159 cm³/mol. The van der Waals surface area contributed by atoms with Crippen LogP contribution in [0.1, 0.15) is 19.3 Å². The van der Waals surface area contributed by atoms with Gasteiger partial charge in [0, 0.05) is 31.7 Å². The topological polar surface area (TPSA) is 134 Å². The molecule has 5 rings (SSSR count). The van der Waals surface area contributed by atoms with Crippen molar-refractivity contribution >= 4 is 20.0 Å². The van der Waals surface area contributed by atoms with Crippen LogP contribution in [0.3, 0.4) is 0 Å². The van der Waals surface area contributed by atoms with Gasteiger partial charge >= 0.3 is 0 Å². The van der Waals surface area contributed by atoms with Crippen LogP contribution in [0.15, 0.2) is 88.7 Å². The molecule has 3 aromatic carbocycles. The molecule has 2 saturated heterocycles. The molecular weight excluding hydrogens is 578 g/mol. The number of rotatable bonds is 11. The lowest BCUT2D eigenvalue weighted by Gasteiger charge is -2.38. The second kappa shape index (κ2) is 12.8. The van der Waals surface area contributed by atoms with Gasteiger partial charge in [0.05, 0.1) is 22.0 Å². The molecule has 2 heterocycles. The molecule has 1 unspecified atom stereocenters. The fraction of sp³-hybridized carbons (Fsp3) is 0.400. The van der Waals surface area contributed by atoms with Gasteiger partial charge in [-0.1, -0.05) is 48.5 Å². The largest absolute Gasteiger partial charge is 0.491 e. The van der Waals surface area contributed by atoms with Gasteiger partial charge in [0.1, 0.15) is 18.5 Å². The van der Waals surface area contributed by atoms with Gasteiger partial charge in [0.25, 0.3) is 0 Å². The first-order chi connectivity index (χ1) is 20.1. The summed E-state index contributed by atoms with van der Waals surface area (Å²) in [6, 6.07) is 22.9. The van der Waals surface area contributed by atoms with E-state index >= 15 is 0 Å². The SMILES string of the molecule is CNS(=O)(=O)c1cccc(OC[C@@H](O)CNC2COC3(CCN(S(=O)(=O)c4cccc(-c5ccccc5)c4)CC3)C2)c1. The number of hydrogen-bond acceptors (Lipinski definition) is 8. The second-order valence-electron chi connectivity index (χ2n) is 10.7. The lowest BCUT2D eigenvalue weighted by molar-refractivity contribution is -0.0312. The van der Waals surface area contributed by atoms with E-state index in [2.05, 4.69) is 10.0 Å². The zero-order chi connectivity index (χ0) is 29.8. The Hall–Kier alpha value is -2.84. The Morgan fingerprint density at radius 2 is 1.64 bits per heavy atom. The maximum absolute atomic E-state index is 13.5. The predicted octanol–water partition coefficient (Wildman–Crippen LogP) is 2.60. The average molecular weight is 616 g/mol. The molecule has 0 radical (unpaired) electrons. The highest BCUT2D eigenvalue weighted by Crippen LogP contribution is 2.37. The Kier molecular flexibility index (Phi) is 9.33. The molecule has 0 bridgehead atoms. The number of hydrogen-bond donors (Lipinski definition) is 3. The molecular formula is C30H37N3O7S2. The molecule has 3 aromatic rings. The van der Waals surface area contributed by atoms with Crippen molar-refractivity contribution in [3.05, 3.63) is 78.9 Å². The Balaban J connectivity index is 1.10. The number of piperidine rings is 1. The van der Waals surface area contributed by atoms with Crippen molar-refractivity contribution in [2.24, 2.45) is 0 Å². The van der Waals surface area contributed by atoms with E-state index < -0.39 is 31.8 Å². The standard InChI is InChI=1S/C30H37N3O7S2/c1-31-41(35,36)28-11-6-10-27(18-28)39-22-26(34)20-32-25-19-30(40-21-25)13-15-33(16-14-30)42(37,38)29-12-5-9-24(17-29)23-7-3-2-4-8-23/h2-12,17-18,25-26,31-32,34H,13-16,19-22H2,1H3/t25?,26-/m0/s1. The van der Waals surface area contributed by atoms with E-state index in [0.29, 0.717) is 43.2 Å². The number of aliphatic hydroxyl groups is 1. The highest BCUT2D eigenvalue weighted by atomic mass is 32.2. The van der Waals surface area contributed by atoms with Gasteiger partial charge in [0.2, 0.25) is 20.0 Å². The molecule has 0 amide bonds. The quantitative estimate of drug-likeness (QED) is 0.300. The van der Waals surface area contributed by atoms with Crippen molar-refractivity contribution in [3.8, 4) is 16.9 Å². The van der Waals surface area contributed by atoms with E-state index in [0.717, 1.165) is 17.5 Å². The minimum Gasteiger partial charge on any atom is -0.491 e. The van der Waals surface area contributed by atoms with E-state index in [9.17, 15) is 21.9 Å². The maximum atomic E-state index is 13.5. The Morgan fingerprint density at radius 1 is 0.952 bits per heavy atom. The Bertz CT molecular complexity index is 1580. The molecule has 2 aliphatic heterocycles. The lowest BCUT2D eigenvalue weighted by Crippen LogP contribution is -2.47. The van der Waals surface area contributed by atoms with E-state index in [1.165, 1.54) is 19.2 Å². The molecule has 42 heavy (non-hydrogen) atoms. The molecule has 2 aliphatic rings. The fourth-order valence-electron chi connectivity index (χ4n) is 5.48. The number of aliphatic hydroxyl groups excluding tert-OH is 1. The lowest BCUT2D eigenvalue weighted by atomic mass is 9.88. The van der Waals surface area contributed by atoms with Crippen LogP contribution < -0.4 is 14.8 Å². The molecule has 3 N–H and O–H groups in total. The molecule has 0 saturated carbocycles. The van der Waals surface area contributed by atoms with Crippen molar-refractivity contribution in [1.29, 1.82) is 0 Å². The summed E-state index contributed by atoms with van der Waals surface area (Å²) < 4.78 is 66.5. The first-order valence-corrected chi connectivity index (χ1v) is 16.9. The zero-order valence-corrected chi connectivity index (χ0v) is 25.1. The van der Waals surface area contributed by atoms with Gasteiger partial charge in [-0.05, 0) is 61.7 Å². The summed E-state index contributed by atoms with van der Waals surface area (Å²) in [5.41, 5.74) is 1.44. The first kappa shape index (κ1) is 30.6. The van der Waals surface area contributed by atoms with E-state index in [-0.39, 0.29) is 24.1 Å². The van der Waals surface area contributed by atoms with Crippen molar-refractivity contribution in [2.45, 2.75) is 46.8 Å². The van der Waals surface area contributed by atoms with Crippen LogP contribution in [0, 0.1) is 0 Å². The second-order valence-corrected chi connectivity index (χ2v) is 14.6. The normalized spacial score (nSPS) is 20.0. The highest BCUT2D eigenvalue weighted by molar-refractivity contribution is 7.89. The Labute approximate surface area is 247 Å². The van der Waals surface area contributed by atoms with Crippen molar-refractivity contribution < 1.29 is 31.4 Å². The molecule has 226 valence electrons. The number of benzene rings is 3. The minimum absolute atomic E-state index is 0.00688. The molecule has 2 fully saturated rings. The van der Waals surface area contributed by atoms with E-state index in [1.54, 1.807) is 34.6 Å². The van der Waals surface area contributed by atoms with Gasteiger partial charge in [0.15, 0.2) is 0 Å². The third-order valence-corrected chi connectivity index (χ3v) is 11.2. The fourth-order valence-corrected chi connectivity index (χ4v) is 7.73. The Morgan fingerprint density at radius 3 is 2.38 bits per heavy atom. The van der Waals surface area contributed by atoms with Gasteiger partial charge in [-0.3, -0.25) is 0 Å². The summed E-state index contributed by atoms with van der Waals surface area (Å²) in [5.74, 6) is 0.349. The van der Waals surface area contributed by atoms with Crippen LogP contribution in [0.25, 0.3) is 11.1 Å². The van der Waals surface area contributed by atoms with Crippen molar-refractivity contribution in [2.75, 3.05) is 39.9 Å². The first-order valence-electron chi connectivity index (χ1n) is 14.0. The summed E-state index contributed by atoms with van der Waals surface area (Å²) in [5, 5.41) is 13.8. The average Bonchev–Trinajstić information content (AvgIpc) is 3.41. The number of nitrogens with zero attached hydrogens (tertiary/aromatic N) is 1. The summed E-state index contributed by atoms with van der Waals surface area (Å²) >= 11 is 0. The number of sulfonamides is 2.